The van der Waals surface area contributed by atoms with E-state index in [0.717, 1.165) is 23.3 Å². The molecule has 2 rings (SSSR count). The largest absolute Gasteiger partial charge is 0.368 e. The Bertz CT molecular complexity index is 577. The summed E-state index contributed by atoms with van der Waals surface area (Å²) in [6.45, 7) is 5.12. The summed E-state index contributed by atoms with van der Waals surface area (Å²) in [5, 5.41) is 4.37. The molecular formula is C14H21N5. The van der Waals surface area contributed by atoms with Crippen LogP contribution in [0.25, 0.3) is 10.9 Å². The van der Waals surface area contributed by atoms with Gasteiger partial charge < -0.3 is 16.0 Å². The molecule has 1 aromatic heterocycles. The number of nitrogens with zero attached hydrogens (tertiary/aromatic N) is 3. The van der Waals surface area contributed by atoms with E-state index < -0.39 is 0 Å². The van der Waals surface area contributed by atoms with Crippen molar-refractivity contribution in [3.63, 3.8) is 0 Å². The van der Waals surface area contributed by atoms with Crippen LogP contribution in [0.15, 0.2) is 24.3 Å². The lowest BCUT2D eigenvalue weighted by atomic mass is 10.0. The number of hydrogen-bond acceptors (Lipinski definition) is 5. The molecule has 0 aliphatic carbocycles. The van der Waals surface area contributed by atoms with Crippen LogP contribution < -0.4 is 11.1 Å². The predicted molar refractivity (Wildman–Crippen MR) is 80.2 cm³/mol. The highest BCUT2D eigenvalue weighted by Gasteiger charge is 2.20. The quantitative estimate of drug-likeness (QED) is 0.878. The van der Waals surface area contributed by atoms with Crippen LogP contribution in [0.3, 0.4) is 0 Å². The van der Waals surface area contributed by atoms with Gasteiger partial charge in [0, 0.05) is 17.5 Å². The second-order valence-corrected chi connectivity index (χ2v) is 5.51. The summed E-state index contributed by atoms with van der Waals surface area (Å²) in [5.74, 6) is 1.09. The Labute approximate surface area is 113 Å². The molecule has 5 heteroatoms. The molecule has 102 valence electrons. The van der Waals surface area contributed by atoms with E-state index in [4.69, 9.17) is 5.73 Å². The summed E-state index contributed by atoms with van der Waals surface area (Å²) in [6.07, 6.45) is 0. The zero-order valence-corrected chi connectivity index (χ0v) is 11.9. The molecule has 3 N–H and O–H groups in total. The van der Waals surface area contributed by atoms with E-state index in [9.17, 15) is 0 Å². The zero-order chi connectivity index (χ0) is 14.0. The van der Waals surface area contributed by atoms with Crippen LogP contribution in [-0.4, -0.2) is 41.0 Å². The normalized spacial score (nSPS) is 12.1. The maximum atomic E-state index is 5.75. The first-order valence-electron chi connectivity index (χ1n) is 6.34. The van der Waals surface area contributed by atoms with Crippen molar-refractivity contribution in [2.75, 3.05) is 31.7 Å². The van der Waals surface area contributed by atoms with Crippen molar-refractivity contribution in [1.82, 2.24) is 14.9 Å². The number of nitrogen functional groups attached to an aromatic ring is 1. The second kappa shape index (κ2) is 5.01. The highest BCUT2D eigenvalue weighted by atomic mass is 15.2. The summed E-state index contributed by atoms with van der Waals surface area (Å²) < 4.78 is 0. The summed E-state index contributed by atoms with van der Waals surface area (Å²) in [5.41, 5.74) is 6.64. The Morgan fingerprint density at radius 2 is 1.89 bits per heavy atom. The van der Waals surface area contributed by atoms with Crippen molar-refractivity contribution in [1.29, 1.82) is 0 Å². The molecule has 2 aromatic rings. The van der Waals surface area contributed by atoms with Crippen LogP contribution in [0, 0.1) is 0 Å². The van der Waals surface area contributed by atoms with Crippen LogP contribution in [0.2, 0.25) is 0 Å². The lowest BCUT2D eigenvalue weighted by Gasteiger charge is -2.32. The van der Waals surface area contributed by atoms with Gasteiger partial charge in [-0.05, 0) is 40.1 Å². The van der Waals surface area contributed by atoms with E-state index in [-0.39, 0.29) is 5.54 Å². The van der Waals surface area contributed by atoms with Crippen LogP contribution >= 0.6 is 0 Å². The molecule has 0 bridgehead atoms. The molecule has 0 atom stereocenters. The molecule has 5 nitrogen and oxygen atoms in total. The summed E-state index contributed by atoms with van der Waals surface area (Å²) in [4.78, 5) is 10.7. The van der Waals surface area contributed by atoms with Gasteiger partial charge in [0.1, 0.15) is 5.82 Å². The third kappa shape index (κ3) is 2.93. The highest BCUT2D eigenvalue weighted by Crippen LogP contribution is 2.21. The van der Waals surface area contributed by atoms with Crippen molar-refractivity contribution in [2.24, 2.45) is 0 Å². The fraction of sp³-hybridized carbons (Fsp3) is 0.429. The van der Waals surface area contributed by atoms with Crippen molar-refractivity contribution in [3.05, 3.63) is 24.3 Å². The number of nitrogens with two attached hydrogens (primary N) is 1. The van der Waals surface area contributed by atoms with Crippen LogP contribution in [0.4, 0.5) is 11.8 Å². The van der Waals surface area contributed by atoms with E-state index in [1.165, 1.54) is 0 Å². The first kappa shape index (κ1) is 13.5. The number of aromatic nitrogens is 2. The number of fused-ring (bicyclic) bond motifs is 1. The monoisotopic (exact) mass is 259 g/mol. The molecule has 0 unspecified atom stereocenters. The first-order valence-corrected chi connectivity index (χ1v) is 6.34. The van der Waals surface area contributed by atoms with Crippen LogP contribution in [-0.2, 0) is 0 Å². The molecule has 0 amide bonds. The van der Waals surface area contributed by atoms with E-state index in [0.29, 0.717) is 5.95 Å². The van der Waals surface area contributed by atoms with Gasteiger partial charge in [-0.1, -0.05) is 12.1 Å². The van der Waals surface area contributed by atoms with Crippen molar-refractivity contribution in [3.8, 4) is 0 Å². The molecule has 0 saturated carbocycles. The van der Waals surface area contributed by atoms with E-state index in [2.05, 4.69) is 48.1 Å². The van der Waals surface area contributed by atoms with Gasteiger partial charge in [-0.15, -0.1) is 0 Å². The Balaban J connectivity index is 2.30. The average Bonchev–Trinajstić information content (AvgIpc) is 2.35. The fourth-order valence-corrected chi connectivity index (χ4v) is 1.69. The third-order valence-electron chi connectivity index (χ3n) is 3.52. The average molecular weight is 259 g/mol. The molecule has 0 fully saturated rings. The molecule has 1 aromatic carbocycles. The van der Waals surface area contributed by atoms with Gasteiger partial charge in [0.2, 0.25) is 5.95 Å². The first-order chi connectivity index (χ1) is 8.90. The molecule has 0 aliphatic rings. The van der Waals surface area contributed by atoms with Gasteiger partial charge in [0.25, 0.3) is 0 Å². The van der Waals surface area contributed by atoms with Crippen molar-refractivity contribution in [2.45, 2.75) is 19.4 Å². The number of hydrogen-bond donors (Lipinski definition) is 2. The van der Waals surface area contributed by atoms with E-state index in [1.54, 1.807) is 0 Å². The molecular weight excluding hydrogens is 238 g/mol. The lowest BCUT2D eigenvalue weighted by molar-refractivity contribution is 0.210. The molecule has 0 aliphatic heterocycles. The molecule has 0 spiro atoms. The maximum Gasteiger partial charge on any atom is 0.222 e. The van der Waals surface area contributed by atoms with Gasteiger partial charge in [0.05, 0.1) is 5.52 Å². The minimum atomic E-state index is 0.0286. The topological polar surface area (TPSA) is 67.1 Å². The number of benzene rings is 1. The summed E-state index contributed by atoms with van der Waals surface area (Å²) in [7, 11) is 4.13. The minimum Gasteiger partial charge on any atom is -0.368 e. The minimum absolute atomic E-state index is 0.0286. The summed E-state index contributed by atoms with van der Waals surface area (Å²) in [6, 6.07) is 7.86. The Kier molecular flexibility index (Phi) is 3.57. The third-order valence-corrected chi connectivity index (χ3v) is 3.52. The van der Waals surface area contributed by atoms with Crippen LogP contribution in [0.5, 0.6) is 0 Å². The maximum absolute atomic E-state index is 5.75. The standard InChI is InChI=1S/C14H21N5/c1-14(2,19(3)4)9-16-12-10-7-5-6-8-11(10)17-13(15)18-12/h5-8H,9H2,1-4H3,(H3,15,16,17,18). The number of rotatable bonds is 4. The van der Waals surface area contributed by atoms with Crippen LogP contribution in [0.1, 0.15) is 13.8 Å². The van der Waals surface area contributed by atoms with Crippen molar-refractivity contribution < 1.29 is 0 Å². The van der Waals surface area contributed by atoms with Gasteiger partial charge in [-0.3, -0.25) is 0 Å². The van der Waals surface area contributed by atoms with E-state index in [1.807, 2.05) is 24.3 Å². The number of likely N-dealkylation sites (N-methyl/N-ethyl adjacent to an activating group) is 1. The lowest BCUT2D eigenvalue weighted by Crippen LogP contribution is -2.44. The van der Waals surface area contributed by atoms with E-state index >= 15 is 0 Å². The molecule has 1 heterocycles. The Hall–Kier alpha value is -1.88. The smallest absolute Gasteiger partial charge is 0.222 e. The number of para-hydroxylation sites is 1. The van der Waals surface area contributed by atoms with Gasteiger partial charge >= 0.3 is 0 Å². The fourth-order valence-electron chi connectivity index (χ4n) is 1.69. The SMILES string of the molecule is CN(C)C(C)(C)CNc1nc(N)nc2ccccc12. The highest BCUT2D eigenvalue weighted by molar-refractivity contribution is 5.89. The second-order valence-electron chi connectivity index (χ2n) is 5.51. The predicted octanol–water partition coefficient (Wildman–Crippen LogP) is 1.96. The summed E-state index contributed by atoms with van der Waals surface area (Å²) >= 11 is 0. The van der Waals surface area contributed by atoms with Gasteiger partial charge in [0.15, 0.2) is 0 Å². The molecule has 0 saturated heterocycles. The van der Waals surface area contributed by atoms with Gasteiger partial charge in [-0.25, -0.2) is 4.98 Å². The van der Waals surface area contributed by atoms with Crippen molar-refractivity contribution >= 4 is 22.7 Å². The zero-order valence-electron chi connectivity index (χ0n) is 11.9. The Morgan fingerprint density at radius 3 is 2.58 bits per heavy atom. The number of nitrogens with one attached hydrogen (secondary N) is 1. The molecule has 19 heavy (non-hydrogen) atoms. The van der Waals surface area contributed by atoms with Gasteiger partial charge in [-0.2, -0.15) is 4.98 Å². The Morgan fingerprint density at radius 1 is 1.21 bits per heavy atom. The molecule has 0 radical (unpaired) electrons. The number of anilines is 2.